The molecule has 0 spiro atoms. The zero-order chi connectivity index (χ0) is 13.6. The van der Waals surface area contributed by atoms with E-state index in [4.69, 9.17) is 0 Å². The number of nitrogens with one attached hydrogen (secondary N) is 1. The minimum atomic E-state index is 0.495. The van der Waals surface area contributed by atoms with Crippen molar-refractivity contribution in [2.24, 2.45) is 17.3 Å². The van der Waals surface area contributed by atoms with E-state index in [1.807, 2.05) is 11.8 Å². The Morgan fingerprint density at radius 1 is 1.22 bits per heavy atom. The summed E-state index contributed by atoms with van der Waals surface area (Å²) in [5.41, 5.74) is 0.495. The third-order valence-corrected chi connectivity index (χ3v) is 5.29. The lowest BCUT2D eigenvalue weighted by Gasteiger charge is -2.42. The average molecular weight is 272 g/mol. The second-order valence-electron chi connectivity index (χ2n) is 6.94. The summed E-state index contributed by atoms with van der Waals surface area (Å²) < 4.78 is 0. The Bertz CT molecular complexity index is 222. The molecule has 0 saturated heterocycles. The van der Waals surface area contributed by atoms with Crippen LogP contribution in [0, 0.1) is 17.3 Å². The molecule has 1 saturated carbocycles. The highest BCUT2D eigenvalue weighted by atomic mass is 32.2. The van der Waals surface area contributed by atoms with Crippen LogP contribution in [-0.4, -0.2) is 24.6 Å². The van der Waals surface area contributed by atoms with E-state index >= 15 is 0 Å². The SMILES string of the molecule is CCNC1CCC(C(C)(C)C)CC1CCCSC. The van der Waals surface area contributed by atoms with E-state index in [0.29, 0.717) is 5.41 Å². The van der Waals surface area contributed by atoms with Gasteiger partial charge in [0.25, 0.3) is 0 Å². The molecule has 0 heterocycles. The van der Waals surface area contributed by atoms with Crippen LogP contribution in [0.1, 0.15) is 59.8 Å². The van der Waals surface area contributed by atoms with E-state index in [9.17, 15) is 0 Å². The molecule has 2 heteroatoms. The molecule has 0 radical (unpaired) electrons. The maximum absolute atomic E-state index is 3.73. The van der Waals surface area contributed by atoms with Crippen molar-refractivity contribution >= 4 is 11.8 Å². The summed E-state index contributed by atoms with van der Waals surface area (Å²) in [5.74, 6) is 3.16. The van der Waals surface area contributed by atoms with Gasteiger partial charge in [0, 0.05) is 6.04 Å². The smallest absolute Gasteiger partial charge is 0.00954 e. The lowest BCUT2D eigenvalue weighted by Crippen LogP contribution is -2.43. The van der Waals surface area contributed by atoms with Crippen molar-refractivity contribution in [3.05, 3.63) is 0 Å². The first-order valence-electron chi connectivity index (χ1n) is 7.71. The van der Waals surface area contributed by atoms with Crippen molar-refractivity contribution in [1.29, 1.82) is 0 Å². The van der Waals surface area contributed by atoms with Crippen LogP contribution in [0.4, 0.5) is 0 Å². The molecule has 108 valence electrons. The summed E-state index contributed by atoms with van der Waals surface area (Å²) in [6.45, 7) is 10.6. The average Bonchev–Trinajstić information content (AvgIpc) is 2.30. The van der Waals surface area contributed by atoms with Crippen molar-refractivity contribution < 1.29 is 0 Å². The molecule has 0 amide bonds. The summed E-state index contributed by atoms with van der Waals surface area (Å²) in [7, 11) is 0. The van der Waals surface area contributed by atoms with Gasteiger partial charge in [-0.25, -0.2) is 0 Å². The standard InChI is InChI=1S/C16H33NS/c1-6-17-15-10-9-14(16(2,3)4)12-13(15)8-7-11-18-5/h13-15,17H,6-12H2,1-5H3. The Hall–Kier alpha value is 0.310. The Morgan fingerprint density at radius 2 is 1.94 bits per heavy atom. The third kappa shape index (κ3) is 5.13. The number of thioether (sulfide) groups is 1. The van der Waals surface area contributed by atoms with Crippen LogP contribution in [0.2, 0.25) is 0 Å². The monoisotopic (exact) mass is 271 g/mol. The molecule has 1 aliphatic carbocycles. The molecule has 0 bridgehead atoms. The topological polar surface area (TPSA) is 12.0 Å². The summed E-state index contributed by atoms with van der Waals surface area (Å²) in [6.07, 6.45) is 9.28. The van der Waals surface area contributed by atoms with Gasteiger partial charge >= 0.3 is 0 Å². The highest BCUT2D eigenvalue weighted by Crippen LogP contribution is 2.41. The molecule has 1 rings (SSSR count). The lowest BCUT2D eigenvalue weighted by atomic mass is 9.66. The molecule has 18 heavy (non-hydrogen) atoms. The van der Waals surface area contributed by atoms with Gasteiger partial charge in [-0.1, -0.05) is 27.7 Å². The highest BCUT2D eigenvalue weighted by Gasteiger charge is 2.34. The molecule has 1 N–H and O–H groups in total. The van der Waals surface area contributed by atoms with Gasteiger partial charge in [0.05, 0.1) is 0 Å². The zero-order valence-corrected chi connectivity index (χ0v) is 13.9. The van der Waals surface area contributed by atoms with Crippen LogP contribution >= 0.6 is 11.8 Å². The molecule has 0 aliphatic heterocycles. The molecule has 0 aromatic rings. The molecule has 0 aromatic carbocycles. The van der Waals surface area contributed by atoms with Crippen LogP contribution in [-0.2, 0) is 0 Å². The summed E-state index contributed by atoms with van der Waals surface area (Å²) in [6, 6.07) is 0.787. The molecular weight excluding hydrogens is 238 g/mol. The largest absolute Gasteiger partial charge is 0.314 e. The summed E-state index contributed by atoms with van der Waals surface area (Å²) in [4.78, 5) is 0. The maximum atomic E-state index is 3.73. The van der Waals surface area contributed by atoms with Crippen molar-refractivity contribution in [2.75, 3.05) is 18.6 Å². The van der Waals surface area contributed by atoms with Crippen molar-refractivity contribution in [3.63, 3.8) is 0 Å². The molecule has 0 aromatic heterocycles. The first kappa shape index (κ1) is 16.4. The van der Waals surface area contributed by atoms with Gasteiger partial charge < -0.3 is 5.32 Å². The van der Waals surface area contributed by atoms with E-state index in [0.717, 1.165) is 24.4 Å². The van der Waals surface area contributed by atoms with Crippen molar-refractivity contribution in [2.45, 2.75) is 65.8 Å². The van der Waals surface area contributed by atoms with Crippen LogP contribution in [0.25, 0.3) is 0 Å². The quantitative estimate of drug-likeness (QED) is 0.710. The van der Waals surface area contributed by atoms with E-state index in [1.165, 1.54) is 37.9 Å². The van der Waals surface area contributed by atoms with Gasteiger partial charge in [-0.2, -0.15) is 11.8 Å². The fraction of sp³-hybridized carbons (Fsp3) is 1.00. The normalized spacial score (nSPS) is 29.5. The van der Waals surface area contributed by atoms with Gasteiger partial charge in [-0.15, -0.1) is 0 Å². The molecule has 3 atom stereocenters. The Labute approximate surface area is 119 Å². The van der Waals surface area contributed by atoms with E-state index in [1.54, 1.807) is 0 Å². The van der Waals surface area contributed by atoms with E-state index in [2.05, 4.69) is 39.3 Å². The van der Waals surface area contributed by atoms with Crippen molar-refractivity contribution in [1.82, 2.24) is 5.32 Å². The fourth-order valence-corrected chi connectivity index (χ4v) is 3.85. The molecular formula is C16H33NS. The van der Waals surface area contributed by atoms with Crippen LogP contribution in [0.5, 0.6) is 0 Å². The first-order valence-corrected chi connectivity index (χ1v) is 9.10. The van der Waals surface area contributed by atoms with Crippen molar-refractivity contribution in [3.8, 4) is 0 Å². The van der Waals surface area contributed by atoms with E-state index < -0.39 is 0 Å². The second kappa shape index (κ2) is 7.79. The summed E-state index contributed by atoms with van der Waals surface area (Å²) >= 11 is 1.99. The Kier molecular flexibility index (Phi) is 7.08. The van der Waals surface area contributed by atoms with Gasteiger partial charge in [0.2, 0.25) is 0 Å². The predicted octanol–water partition coefficient (Wildman–Crippen LogP) is 4.57. The van der Waals surface area contributed by atoms with Crippen LogP contribution < -0.4 is 5.32 Å². The predicted molar refractivity (Wildman–Crippen MR) is 85.4 cm³/mol. The number of rotatable bonds is 6. The van der Waals surface area contributed by atoms with E-state index in [-0.39, 0.29) is 0 Å². The minimum Gasteiger partial charge on any atom is -0.314 e. The molecule has 3 unspecified atom stereocenters. The Morgan fingerprint density at radius 3 is 2.50 bits per heavy atom. The molecule has 1 aliphatic rings. The van der Waals surface area contributed by atoms with Crippen LogP contribution in [0.15, 0.2) is 0 Å². The molecule has 1 nitrogen and oxygen atoms in total. The summed E-state index contributed by atoms with van der Waals surface area (Å²) in [5, 5.41) is 3.73. The highest BCUT2D eigenvalue weighted by molar-refractivity contribution is 7.98. The van der Waals surface area contributed by atoms with Gasteiger partial charge in [0.1, 0.15) is 0 Å². The van der Waals surface area contributed by atoms with Gasteiger partial charge in [-0.05, 0) is 67.9 Å². The number of hydrogen-bond acceptors (Lipinski definition) is 2. The third-order valence-electron chi connectivity index (χ3n) is 4.60. The maximum Gasteiger partial charge on any atom is 0.00954 e. The first-order chi connectivity index (χ1) is 8.49. The fourth-order valence-electron chi connectivity index (χ4n) is 3.39. The zero-order valence-electron chi connectivity index (χ0n) is 13.1. The second-order valence-corrected chi connectivity index (χ2v) is 7.92. The van der Waals surface area contributed by atoms with Gasteiger partial charge in [-0.3, -0.25) is 0 Å². The lowest BCUT2D eigenvalue weighted by molar-refractivity contribution is 0.110. The van der Waals surface area contributed by atoms with Crippen LogP contribution in [0.3, 0.4) is 0 Å². The Balaban J connectivity index is 2.52. The van der Waals surface area contributed by atoms with Gasteiger partial charge in [0.15, 0.2) is 0 Å². The number of hydrogen-bond donors (Lipinski definition) is 1. The molecule has 1 fully saturated rings. The minimum absolute atomic E-state index is 0.495.